The van der Waals surface area contributed by atoms with Gasteiger partial charge in [-0.25, -0.2) is 4.98 Å². The van der Waals surface area contributed by atoms with Gasteiger partial charge in [0.1, 0.15) is 5.65 Å². The van der Waals surface area contributed by atoms with Crippen molar-refractivity contribution in [3.05, 3.63) is 70.6 Å². The highest BCUT2D eigenvalue weighted by Gasteiger charge is 2.01. The zero-order chi connectivity index (χ0) is 13.1. The average Bonchev–Trinajstić information content (AvgIpc) is 2.83. The van der Waals surface area contributed by atoms with E-state index >= 15 is 0 Å². The van der Waals surface area contributed by atoms with Gasteiger partial charge in [-0.2, -0.15) is 0 Å². The summed E-state index contributed by atoms with van der Waals surface area (Å²) in [4.78, 5) is 4.37. The van der Waals surface area contributed by atoms with Gasteiger partial charge in [0.2, 0.25) is 0 Å². The maximum Gasteiger partial charge on any atom is 0.136 e. The highest BCUT2D eigenvalue weighted by molar-refractivity contribution is 9.10. The molecule has 3 aromatic rings. The van der Waals surface area contributed by atoms with Crippen LogP contribution in [0.4, 0.5) is 0 Å². The van der Waals surface area contributed by atoms with Crippen molar-refractivity contribution in [1.29, 1.82) is 0 Å². The first-order chi connectivity index (χ1) is 9.33. The van der Waals surface area contributed by atoms with Crippen molar-refractivity contribution in [3.63, 3.8) is 0 Å². The first-order valence-corrected chi connectivity index (χ1v) is 6.98. The Balaban J connectivity index is 1.66. The number of pyridine rings is 1. The van der Waals surface area contributed by atoms with Gasteiger partial charge in [0.15, 0.2) is 0 Å². The Hall–Kier alpha value is -1.65. The second kappa shape index (κ2) is 5.55. The summed E-state index contributed by atoms with van der Waals surface area (Å²) in [7, 11) is 0. The van der Waals surface area contributed by atoms with Crippen molar-refractivity contribution < 1.29 is 0 Å². The highest BCUT2D eigenvalue weighted by Crippen LogP contribution is 2.11. The van der Waals surface area contributed by atoms with Gasteiger partial charge in [-0.15, -0.1) is 0 Å². The summed E-state index contributed by atoms with van der Waals surface area (Å²) in [6, 6.07) is 14.4. The van der Waals surface area contributed by atoms with Gasteiger partial charge in [-0.1, -0.05) is 34.1 Å². The molecule has 3 rings (SSSR count). The lowest BCUT2D eigenvalue weighted by Crippen LogP contribution is -2.13. The minimum absolute atomic E-state index is 0.803. The quantitative estimate of drug-likeness (QED) is 0.799. The molecule has 1 N–H and O–H groups in total. The number of benzene rings is 1. The molecule has 0 spiro atoms. The SMILES string of the molecule is Brc1cccc(CNCc2cnc3ccccn23)c1. The summed E-state index contributed by atoms with van der Waals surface area (Å²) in [5, 5.41) is 3.44. The number of hydrogen-bond acceptors (Lipinski definition) is 2. The summed E-state index contributed by atoms with van der Waals surface area (Å²) in [6.07, 6.45) is 3.96. The minimum atomic E-state index is 0.803. The van der Waals surface area contributed by atoms with Crippen LogP contribution in [0.15, 0.2) is 59.3 Å². The lowest BCUT2D eigenvalue weighted by Gasteiger charge is -2.05. The van der Waals surface area contributed by atoms with Crippen LogP contribution in [-0.4, -0.2) is 9.38 Å². The van der Waals surface area contributed by atoms with Crippen LogP contribution >= 0.6 is 15.9 Å². The summed E-state index contributed by atoms with van der Waals surface area (Å²) in [5.41, 5.74) is 3.43. The van der Waals surface area contributed by atoms with Gasteiger partial charge in [-0.05, 0) is 29.8 Å². The van der Waals surface area contributed by atoms with Crippen LogP contribution in [0, 0.1) is 0 Å². The molecule has 19 heavy (non-hydrogen) atoms. The van der Waals surface area contributed by atoms with Crippen LogP contribution in [0.2, 0.25) is 0 Å². The highest BCUT2D eigenvalue weighted by atomic mass is 79.9. The van der Waals surface area contributed by atoms with E-state index in [2.05, 4.69) is 48.8 Å². The second-order valence-electron chi connectivity index (χ2n) is 4.41. The minimum Gasteiger partial charge on any atom is -0.307 e. The van der Waals surface area contributed by atoms with Crippen LogP contribution < -0.4 is 5.32 Å². The van der Waals surface area contributed by atoms with Crippen LogP contribution in [-0.2, 0) is 13.1 Å². The van der Waals surface area contributed by atoms with Crippen LogP contribution in [0.1, 0.15) is 11.3 Å². The normalized spacial score (nSPS) is 11.0. The molecule has 0 aliphatic rings. The molecule has 0 atom stereocenters. The zero-order valence-electron chi connectivity index (χ0n) is 10.4. The van der Waals surface area contributed by atoms with E-state index in [-0.39, 0.29) is 0 Å². The number of aromatic nitrogens is 2. The number of hydrogen-bond donors (Lipinski definition) is 1. The van der Waals surface area contributed by atoms with E-state index in [1.54, 1.807) is 0 Å². The van der Waals surface area contributed by atoms with Crippen molar-refractivity contribution in [2.45, 2.75) is 13.1 Å². The van der Waals surface area contributed by atoms with E-state index in [0.717, 1.165) is 23.2 Å². The Labute approximate surface area is 120 Å². The number of rotatable bonds is 4. The molecule has 2 heterocycles. The molecule has 96 valence electrons. The zero-order valence-corrected chi connectivity index (χ0v) is 12.0. The third-order valence-electron chi connectivity index (χ3n) is 3.02. The predicted octanol–water partition coefficient (Wildman–Crippen LogP) is 3.39. The second-order valence-corrected chi connectivity index (χ2v) is 5.33. The Kier molecular flexibility index (Phi) is 3.62. The van der Waals surface area contributed by atoms with Crippen molar-refractivity contribution in [3.8, 4) is 0 Å². The molecule has 0 saturated heterocycles. The van der Waals surface area contributed by atoms with Crippen molar-refractivity contribution in [2.75, 3.05) is 0 Å². The maximum atomic E-state index is 4.37. The topological polar surface area (TPSA) is 29.3 Å². The molecular weight excluding hydrogens is 302 g/mol. The molecular formula is C15H14BrN3. The largest absolute Gasteiger partial charge is 0.307 e. The fourth-order valence-corrected chi connectivity index (χ4v) is 2.54. The lowest BCUT2D eigenvalue weighted by molar-refractivity contribution is 0.675. The Morgan fingerprint density at radius 3 is 2.95 bits per heavy atom. The monoisotopic (exact) mass is 315 g/mol. The van der Waals surface area contributed by atoms with Gasteiger partial charge < -0.3 is 9.72 Å². The van der Waals surface area contributed by atoms with E-state index in [0.29, 0.717) is 0 Å². The maximum absolute atomic E-state index is 4.37. The summed E-state index contributed by atoms with van der Waals surface area (Å²) < 4.78 is 3.22. The first-order valence-electron chi connectivity index (χ1n) is 6.19. The fourth-order valence-electron chi connectivity index (χ4n) is 2.10. The lowest BCUT2D eigenvalue weighted by atomic mass is 10.2. The van der Waals surface area contributed by atoms with Crippen LogP contribution in [0.5, 0.6) is 0 Å². The molecule has 3 nitrogen and oxygen atoms in total. The van der Waals surface area contributed by atoms with Gasteiger partial charge >= 0.3 is 0 Å². The Bertz CT molecular complexity index is 690. The molecule has 0 saturated carbocycles. The number of nitrogens with zero attached hydrogens (tertiary/aromatic N) is 2. The predicted molar refractivity (Wildman–Crippen MR) is 79.9 cm³/mol. The summed E-state index contributed by atoms with van der Waals surface area (Å²) >= 11 is 3.48. The third-order valence-corrected chi connectivity index (χ3v) is 3.51. The molecule has 0 fully saturated rings. The molecule has 1 aromatic carbocycles. The van der Waals surface area contributed by atoms with Gasteiger partial charge in [0, 0.05) is 23.8 Å². The molecule has 4 heteroatoms. The van der Waals surface area contributed by atoms with E-state index in [1.165, 1.54) is 11.3 Å². The molecule has 0 amide bonds. The smallest absolute Gasteiger partial charge is 0.136 e. The van der Waals surface area contributed by atoms with E-state index in [9.17, 15) is 0 Å². The molecule has 0 unspecified atom stereocenters. The summed E-state index contributed by atoms with van der Waals surface area (Å²) in [5.74, 6) is 0. The van der Waals surface area contributed by atoms with E-state index in [4.69, 9.17) is 0 Å². The van der Waals surface area contributed by atoms with E-state index < -0.39 is 0 Å². The van der Waals surface area contributed by atoms with Crippen molar-refractivity contribution >= 4 is 21.6 Å². The Morgan fingerprint density at radius 2 is 2.05 bits per heavy atom. The van der Waals surface area contributed by atoms with Crippen molar-refractivity contribution in [2.24, 2.45) is 0 Å². The van der Waals surface area contributed by atoms with Crippen LogP contribution in [0.3, 0.4) is 0 Å². The van der Waals surface area contributed by atoms with Gasteiger partial charge in [0.25, 0.3) is 0 Å². The standard InChI is InChI=1S/C15H14BrN3/c16-13-5-3-4-12(8-13)9-17-10-14-11-18-15-6-1-2-7-19(14)15/h1-8,11,17H,9-10H2. The molecule has 0 aliphatic carbocycles. The van der Waals surface area contributed by atoms with Gasteiger partial charge in [-0.3, -0.25) is 0 Å². The fraction of sp³-hybridized carbons (Fsp3) is 0.133. The molecule has 0 radical (unpaired) electrons. The molecule has 0 aliphatic heterocycles. The Morgan fingerprint density at radius 1 is 1.11 bits per heavy atom. The van der Waals surface area contributed by atoms with Crippen molar-refractivity contribution in [1.82, 2.24) is 14.7 Å². The van der Waals surface area contributed by atoms with Crippen LogP contribution in [0.25, 0.3) is 5.65 Å². The number of nitrogens with one attached hydrogen (secondary N) is 1. The number of fused-ring (bicyclic) bond motifs is 1. The summed E-state index contributed by atoms with van der Waals surface area (Å²) in [6.45, 7) is 1.65. The number of imidazole rings is 1. The average molecular weight is 316 g/mol. The van der Waals surface area contributed by atoms with E-state index in [1.807, 2.05) is 36.7 Å². The molecule has 2 aromatic heterocycles. The third kappa shape index (κ3) is 2.85. The first kappa shape index (κ1) is 12.4. The molecule has 0 bridgehead atoms. The van der Waals surface area contributed by atoms with Gasteiger partial charge in [0.05, 0.1) is 11.9 Å². The number of halogens is 1.